The predicted octanol–water partition coefficient (Wildman–Crippen LogP) is 2.50. The number of carboxylic acids is 1. The van der Waals surface area contributed by atoms with Crippen LogP contribution in [0.2, 0.25) is 0 Å². The summed E-state index contributed by atoms with van der Waals surface area (Å²) >= 11 is 0. The highest BCUT2D eigenvalue weighted by atomic mass is 16.4. The molecule has 0 aliphatic heterocycles. The molecular formula is C24H29N7O4. The number of Topliss-reactive ketones (excluding diaryl/α,β-unsaturated/α-hetero) is 2. The minimum absolute atomic E-state index is 0.0137. The molecule has 11 nitrogen and oxygen atoms in total. The lowest BCUT2D eigenvalue weighted by Gasteiger charge is -2.20. The van der Waals surface area contributed by atoms with Crippen molar-refractivity contribution in [1.29, 1.82) is 0 Å². The summed E-state index contributed by atoms with van der Waals surface area (Å²) in [6.45, 7) is 3.92. The maximum absolute atomic E-state index is 12.8. The van der Waals surface area contributed by atoms with E-state index in [0.717, 1.165) is 5.69 Å². The van der Waals surface area contributed by atoms with Crippen LogP contribution in [0, 0.1) is 11.8 Å². The molecule has 5 N–H and O–H groups in total. The number of rotatable bonds is 11. The number of aromatic nitrogens is 4. The summed E-state index contributed by atoms with van der Waals surface area (Å²) in [5.41, 5.74) is 14.1. The van der Waals surface area contributed by atoms with Gasteiger partial charge in [-0.05, 0) is 30.7 Å². The highest BCUT2D eigenvalue weighted by Gasteiger charge is 2.25. The van der Waals surface area contributed by atoms with Gasteiger partial charge in [0.2, 0.25) is 5.95 Å². The molecule has 0 fully saturated rings. The molecule has 0 unspecified atom stereocenters. The molecule has 0 aliphatic rings. The van der Waals surface area contributed by atoms with Crippen molar-refractivity contribution in [3.05, 3.63) is 41.7 Å². The number of aliphatic carboxylic acids is 1. The van der Waals surface area contributed by atoms with Gasteiger partial charge in [-0.15, -0.1) is 0 Å². The van der Waals surface area contributed by atoms with E-state index in [4.69, 9.17) is 16.6 Å². The lowest BCUT2D eigenvalue weighted by atomic mass is 9.86. The van der Waals surface area contributed by atoms with E-state index in [1.165, 1.54) is 0 Å². The molecule has 2 heterocycles. The first-order valence-electron chi connectivity index (χ1n) is 11.2. The summed E-state index contributed by atoms with van der Waals surface area (Å²) in [5.74, 6) is -1.97. The van der Waals surface area contributed by atoms with Crippen LogP contribution >= 0.6 is 0 Å². The third-order valence-electron chi connectivity index (χ3n) is 5.64. The van der Waals surface area contributed by atoms with Crippen LogP contribution in [0.25, 0.3) is 11.2 Å². The number of carboxylic acid groups (broad SMARTS) is 1. The number of nitrogens with zero attached hydrogens (tertiary/aromatic N) is 5. The minimum Gasteiger partial charge on any atom is -0.481 e. The molecule has 0 bridgehead atoms. The zero-order chi connectivity index (χ0) is 25.7. The first-order chi connectivity index (χ1) is 16.5. The summed E-state index contributed by atoms with van der Waals surface area (Å²) in [7, 11) is 1.87. The van der Waals surface area contributed by atoms with Crippen LogP contribution in [0.15, 0.2) is 30.5 Å². The zero-order valence-electron chi connectivity index (χ0n) is 19.9. The summed E-state index contributed by atoms with van der Waals surface area (Å²) in [5, 5.41) is 8.97. The second kappa shape index (κ2) is 10.9. The van der Waals surface area contributed by atoms with Gasteiger partial charge in [-0.1, -0.05) is 13.8 Å². The van der Waals surface area contributed by atoms with E-state index in [-0.39, 0.29) is 48.5 Å². The Morgan fingerprint density at radius 3 is 2.37 bits per heavy atom. The monoisotopic (exact) mass is 479 g/mol. The lowest BCUT2D eigenvalue weighted by Crippen LogP contribution is -2.24. The minimum atomic E-state index is -0.984. The lowest BCUT2D eigenvalue weighted by molar-refractivity contribution is -0.137. The number of hydrogen-bond acceptors (Lipinski definition) is 10. The molecule has 11 heteroatoms. The number of benzene rings is 1. The summed E-state index contributed by atoms with van der Waals surface area (Å²) in [6.07, 6.45) is 1.57. The average Bonchev–Trinajstić information content (AvgIpc) is 2.81. The number of nitrogen functional groups attached to an aromatic ring is 2. The Balaban J connectivity index is 1.69. The van der Waals surface area contributed by atoms with Crippen LogP contribution in [-0.4, -0.2) is 49.6 Å². The SMILES string of the molecule is CC(C)C(=O)[C@H](CCC(=O)O)CC(=O)c1ccc(N(C)Cc2cnc3nc(N)nc(N)c3n2)cc1. The van der Waals surface area contributed by atoms with Gasteiger partial charge < -0.3 is 21.5 Å². The second-order valence-corrected chi connectivity index (χ2v) is 8.72. The topological polar surface area (TPSA) is 178 Å². The van der Waals surface area contributed by atoms with E-state index >= 15 is 0 Å². The summed E-state index contributed by atoms with van der Waals surface area (Å²) in [6, 6.07) is 7.00. The molecule has 3 rings (SSSR count). The van der Waals surface area contributed by atoms with Crippen molar-refractivity contribution in [3.63, 3.8) is 0 Å². The van der Waals surface area contributed by atoms with Gasteiger partial charge in [-0.3, -0.25) is 14.4 Å². The fourth-order valence-corrected chi connectivity index (χ4v) is 3.75. The zero-order valence-corrected chi connectivity index (χ0v) is 19.9. The molecule has 3 aromatic rings. The van der Waals surface area contributed by atoms with Crippen LogP contribution in [0.3, 0.4) is 0 Å². The van der Waals surface area contributed by atoms with Crippen molar-refractivity contribution in [2.24, 2.45) is 11.8 Å². The number of hydrogen-bond donors (Lipinski definition) is 3. The van der Waals surface area contributed by atoms with E-state index in [9.17, 15) is 14.4 Å². The fourth-order valence-electron chi connectivity index (χ4n) is 3.75. The van der Waals surface area contributed by atoms with Crippen LogP contribution in [-0.2, 0) is 16.1 Å². The first kappa shape index (κ1) is 25.5. The van der Waals surface area contributed by atoms with Crippen molar-refractivity contribution in [2.45, 2.75) is 39.7 Å². The van der Waals surface area contributed by atoms with Crippen LogP contribution in [0.1, 0.15) is 49.2 Å². The van der Waals surface area contributed by atoms with Crippen LogP contribution in [0.4, 0.5) is 17.5 Å². The molecule has 1 aromatic carbocycles. The number of fused-ring (bicyclic) bond motifs is 1. The maximum Gasteiger partial charge on any atom is 0.303 e. The number of carbonyl (C=O) groups excluding carboxylic acids is 2. The quantitative estimate of drug-likeness (QED) is 0.344. The molecule has 0 spiro atoms. The number of nitrogens with two attached hydrogens (primary N) is 2. The molecule has 1 atom stereocenters. The Bertz CT molecular complexity index is 1240. The molecule has 35 heavy (non-hydrogen) atoms. The molecule has 0 radical (unpaired) electrons. The standard InChI is InChI=1S/C24H29N7O4/c1-13(2)21(35)15(6-9-19(33)34)10-18(32)14-4-7-17(8-5-14)31(3)12-16-11-27-23-20(28-16)22(25)29-24(26)30-23/h4-5,7-8,11,13,15H,6,9-10,12H2,1-3H3,(H,33,34)(H4,25,26,27,29,30)/t15-/m1/s1. The number of anilines is 3. The third-order valence-corrected chi connectivity index (χ3v) is 5.64. The molecule has 184 valence electrons. The summed E-state index contributed by atoms with van der Waals surface area (Å²) < 4.78 is 0. The Labute approximate surface area is 202 Å². The molecule has 0 saturated heterocycles. The van der Waals surface area contributed by atoms with E-state index < -0.39 is 11.9 Å². The predicted molar refractivity (Wildman–Crippen MR) is 132 cm³/mol. The first-order valence-corrected chi connectivity index (χ1v) is 11.2. The summed E-state index contributed by atoms with van der Waals surface area (Å²) in [4.78, 5) is 54.8. The number of carbonyl (C=O) groups is 3. The van der Waals surface area contributed by atoms with E-state index in [2.05, 4.69) is 19.9 Å². The van der Waals surface area contributed by atoms with Gasteiger partial charge in [0.15, 0.2) is 22.8 Å². The highest BCUT2D eigenvalue weighted by Crippen LogP contribution is 2.23. The van der Waals surface area contributed by atoms with E-state index in [0.29, 0.717) is 29.0 Å². The average molecular weight is 480 g/mol. The normalized spacial score (nSPS) is 12.0. The Hall–Kier alpha value is -4.15. The highest BCUT2D eigenvalue weighted by molar-refractivity contribution is 5.99. The Morgan fingerprint density at radius 2 is 1.74 bits per heavy atom. The van der Waals surface area contributed by atoms with Crippen LogP contribution in [0.5, 0.6) is 0 Å². The van der Waals surface area contributed by atoms with Gasteiger partial charge in [0.1, 0.15) is 5.78 Å². The Morgan fingerprint density at radius 1 is 1.06 bits per heavy atom. The maximum atomic E-state index is 12.8. The van der Waals surface area contributed by atoms with Gasteiger partial charge in [-0.2, -0.15) is 9.97 Å². The van der Waals surface area contributed by atoms with Gasteiger partial charge in [0.25, 0.3) is 0 Å². The van der Waals surface area contributed by atoms with Gasteiger partial charge in [0, 0.05) is 43.0 Å². The van der Waals surface area contributed by atoms with E-state index in [1.807, 2.05) is 11.9 Å². The Kier molecular flexibility index (Phi) is 7.90. The van der Waals surface area contributed by atoms with Crippen molar-refractivity contribution >= 4 is 46.2 Å². The van der Waals surface area contributed by atoms with Crippen molar-refractivity contribution in [1.82, 2.24) is 19.9 Å². The van der Waals surface area contributed by atoms with Gasteiger partial charge in [0.05, 0.1) is 18.4 Å². The van der Waals surface area contributed by atoms with Gasteiger partial charge in [-0.25, -0.2) is 9.97 Å². The van der Waals surface area contributed by atoms with E-state index in [1.54, 1.807) is 44.3 Å². The van der Waals surface area contributed by atoms with Crippen molar-refractivity contribution < 1.29 is 19.5 Å². The fraction of sp³-hybridized carbons (Fsp3) is 0.375. The van der Waals surface area contributed by atoms with Crippen molar-refractivity contribution in [2.75, 3.05) is 23.4 Å². The second-order valence-electron chi connectivity index (χ2n) is 8.72. The number of ketones is 2. The molecule has 0 aliphatic carbocycles. The molecular weight excluding hydrogens is 450 g/mol. The smallest absolute Gasteiger partial charge is 0.303 e. The largest absolute Gasteiger partial charge is 0.481 e. The molecule has 2 aromatic heterocycles. The third kappa shape index (κ3) is 6.46. The molecule has 0 amide bonds. The van der Waals surface area contributed by atoms with Crippen molar-refractivity contribution in [3.8, 4) is 0 Å². The van der Waals surface area contributed by atoms with Gasteiger partial charge >= 0.3 is 5.97 Å². The molecule has 0 saturated carbocycles. The van der Waals surface area contributed by atoms with Crippen LogP contribution < -0.4 is 16.4 Å².